The smallest absolute Gasteiger partial charge is 0.243 e. The normalized spacial score (nSPS) is 20.0. The van der Waals surface area contributed by atoms with Crippen LogP contribution in [0, 0.1) is 16.7 Å². The number of benzene rings is 1. The molecule has 0 radical (unpaired) electrons. The zero-order valence-electron chi connectivity index (χ0n) is 18.1. The van der Waals surface area contributed by atoms with E-state index in [9.17, 15) is 10.1 Å². The van der Waals surface area contributed by atoms with E-state index in [1.807, 2.05) is 29.2 Å². The fraction of sp³-hybridized carbons (Fsp3) is 0.375. The van der Waals surface area contributed by atoms with Gasteiger partial charge >= 0.3 is 0 Å². The number of rotatable bonds is 3. The van der Waals surface area contributed by atoms with Gasteiger partial charge in [0.25, 0.3) is 0 Å². The maximum atomic E-state index is 13.1. The highest BCUT2D eigenvalue weighted by molar-refractivity contribution is 6.07. The number of aromatic nitrogens is 5. The Labute approximate surface area is 190 Å². The number of carbonyl (C=O) groups excluding carboxylic acids is 1. The molecule has 0 bridgehead atoms. The molecule has 1 saturated carbocycles. The summed E-state index contributed by atoms with van der Waals surface area (Å²) in [4.78, 5) is 27.9. The molecule has 1 saturated heterocycles. The van der Waals surface area contributed by atoms with Crippen molar-refractivity contribution in [1.29, 1.82) is 5.26 Å². The summed E-state index contributed by atoms with van der Waals surface area (Å²) >= 11 is 0. The zero-order valence-corrected chi connectivity index (χ0v) is 18.1. The Kier molecular flexibility index (Phi) is 4.37. The molecule has 4 aromatic rings. The number of nitriles is 1. The number of hydrogen-bond acceptors (Lipinski definition) is 6. The van der Waals surface area contributed by atoms with Crippen LogP contribution in [0.2, 0.25) is 0 Å². The Morgan fingerprint density at radius 2 is 2.12 bits per heavy atom. The van der Waals surface area contributed by atoms with Gasteiger partial charge in [-0.25, -0.2) is 9.97 Å². The van der Waals surface area contributed by atoms with Crippen LogP contribution in [0.3, 0.4) is 0 Å². The van der Waals surface area contributed by atoms with Gasteiger partial charge in [0.2, 0.25) is 5.91 Å². The first-order valence-electron chi connectivity index (χ1n) is 11.4. The van der Waals surface area contributed by atoms with E-state index in [0.29, 0.717) is 31.7 Å². The first kappa shape index (κ1) is 19.7. The van der Waals surface area contributed by atoms with E-state index in [1.165, 1.54) is 0 Å². The summed E-state index contributed by atoms with van der Waals surface area (Å²) in [6.45, 7) is 1.26. The number of anilines is 1. The Morgan fingerprint density at radius 3 is 2.85 bits per heavy atom. The predicted molar refractivity (Wildman–Crippen MR) is 124 cm³/mol. The molecule has 2 fully saturated rings. The van der Waals surface area contributed by atoms with Gasteiger partial charge in [-0.05, 0) is 50.3 Å². The molecule has 1 aromatic carbocycles. The van der Waals surface area contributed by atoms with E-state index in [1.54, 1.807) is 6.20 Å². The Balaban J connectivity index is 1.34. The van der Waals surface area contributed by atoms with Crippen LogP contribution in [-0.4, -0.2) is 49.0 Å². The second kappa shape index (κ2) is 7.30. The van der Waals surface area contributed by atoms with Crippen molar-refractivity contribution in [2.75, 3.05) is 18.8 Å². The first-order chi connectivity index (χ1) is 16.1. The summed E-state index contributed by atoms with van der Waals surface area (Å²) < 4.78 is 0. The molecule has 9 nitrogen and oxygen atoms in total. The monoisotopic (exact) mass is 440 g/mol. The van der Waals surface area contributed by atoms with Crippen molar-refractivity contribution in [2.24, 2.45) is 5.41 Å². The number of H-pyrrole nitrogens is 2. The molecule has 4 N–H and O–H groups in total. The van der Waals surface area contributed by atoms with Gasteiger partial charge in [0.05, 0.1) is 17.3 Å². The summed E-state index contributed by atoms with van der Waals surface area (Å²) in [7, 11) is 0. The predicted octanol–water partition coefficient (Wildman–Crippen LogP) is 3.48. The van der Waals surface area contributed by atoms with Crippen LogP contribution in [0.4, 0.5) is 5.82 Å². The lowest BCUT2D eigenvalue weighted by atomic mass is 9.68. The number of nitrogens with two attached hydrogens (primary N) is 1. The van der Waals surface area contributed by atoms with E-state index in [0.717, 1.165) is 58.3 Å². The molecular formula is C24H24N8O. The van der Waals surface area contributed by atoms with Crippen molar-refractivity contribution in [3.63, 3.8) is 0 Å². The number of nitrogen functional groups attached to an aromatic ring is 1. The summed E-state index contributed by atoms with van der Waals surface area (Å²) in [6.07, 6.45) is 5.81. The maximum absolute atomic E-state index is 13.1. The van der Waals surface area contributed by atoms with Gasteiger partial charge in [0, 0.05) is 36.2 Å². The van der Waals surface area contributed by atoms with Crippen molar-refractivity contribution in [2.45, 2.75) is 38.0 Å². The fourth-order valence-electron chi connectivity index (χ4n) is 5.15. The molecule has 0 spiro atoms. The van der Waals surface area contributed by atoms with Crippen molar-refractivity contribution < 1.29 is 4.79 Å². The third-order valence-corrected chi connectivity index (χ3v) is 7.21. The van der Waals surface area contributed by atoms with Gasteiger partial charge in [-0.3, -0.25) is 9.89 Å². The summed E-state index contributed by atoms with van der Waals surface area (Å²) in [5, 5.41) is 17.5. The van der Waals surface area contributed by atoms with E-state index >= 15 is 0 Å². The molecule has 9 heteroatoms. The van der Waals surface area contributed by atoms with E-state index in [-0.39, 0.29) is 11.8 Å². The molecule has 1 aliphatic carbocycles. The van der Waals surface area contributed by atoms with Crippen molar-refractivity contribution in [1.82, 2.24) is 30.0 Å². The van der Waals surface area contributed by atoms with E-state index < -0.39 is 5.41 Å². The van der Waals surface area contributed by atoms with Gasteiger partial charge in [-0.1, -0.05) is 6.07 Å². The van der Waals surface area contributed by atoms with Crippen molar-refractivity contribution >= 4 is 33.7 Å². The number of imidazole rings is 1. The number of piperidine rings is 1. The highest BCUT2D eigenvalue weighted by atomic mass is 16.2. The average Bonchev–Trinajstić information content (AvgIpc) is 3.49. The molecule has 33 heavy (non-hydrogen) atoms. The highest BCUT2D eigenvalue weighted by Crippen LogP contribution is 2.43. The van der Waals surface area contributed by atoms with Crippen LogP contribution in [0.15, 0.2) is 30.5 Å². The third kappa shape index (κ3) is 3.05. The lowest BCUT2D eigenvalue weighted by Gasteiger charge is -2.41. The number of carbonyl (C=O) groups is 1. The molecular weight excluding hydrogens is 416 g/mol. The number of amides is 1. The fourth-order valence-corrected chi connectivity index (χ4v) is 5.15. The maximum Gasteiger partial charge on any atom is 0.243 e. The minimum absolute atomic E-state index is 0.0185. The molecule has 166 valence electrons. The lowest BCUT2D eigenvalue weighted by molar-refractivity contribution is -0.144. The van der Waals surface area contributed by atoms with Gasteiger partial charge in [0.1, 0.15) is 28.1 Å². The number of fused-ring (bicyclic) bond motifs is 3. The number of likely N-dealkylation sites (tertiary alicyclic amines) is 1. The Bertz CT molecular complexity index is 1410. The minimum Gasteiger partial charge on any atom is -0.382 e. The second-order valence-electron chi connectivity index (χ2n) is 9.18. The number of pyridine rings is 1. The van der Waals surface area contributed by atoms with Crippen molar-refractivity contribution in [3.05, 3.63) is 36.3 Å². The zero-order chi connectivity index (χ0) is 22.6. The van der Waals surface area contributed by atoms with Crippen LogP contribution in [0.5, 0.6) is 0 Å². The summed E-state index contributed by atoms with van der Waals surface area (Å²) in [5.41, 5.74) is 9.67. The van der Waals surface area contributed by atoms with Gasteiger partial charge in [0.15, 0.2) is 0 Å². The molecule has 1 aliphatic heterocycles. The first-order valence-corrected chi connectivity index (χ1v) is 11.4. The van der Waals surface area contributed by atoms with E-state index in [2.05, 4.69) is 26.2 Å². The number of hydrogen-bond donors (Lipinski definition) is 3. The van der Waals surface area contributed by atoms with E-state index in [4.69, 9.17) is 10.7 Å². The highest BCUT2D eigenvalue weighted by Gasteiger charge is 2.47. The second-order valence-corrected chi connectivity index (χ2v) is 9.18. The molecule has 3 aromatic heterocycles. The standard InChI is InChI=1S/C24H24N8O/c25-13-24(7-2-8-24)23(33)32-10-1-3-15(12-32)22-29-19-16-5-4-14(17-6-9-27-31-17)11-18(16)28-21(26)20(19)30-22/h4-6,9,11,15H,1-3,7-8,10,12H2,(H2,26,28)(H,27,31)(H,29,30)/t15-/m0/s1. The van der Waals surface area contributed by atoms with Crippen LogP contribution in [0.25, 0.3) is 33.2 Å². The SMILES string of the molecule is N#CC1(C(=O)N2CCC[C@H](c3nc4c([nH]3)c(N)nc3cc(-c5ccn[nH]5)ccc34)C2)CCC1. The number of nitrogens with one attached hydrogen (secondary N) is 2. The lowest BCUT2D eigenvalue weighted by Crippen LogP contribution is -2.50. The molecule has 1 amide bonds. The third-order valence-electron chi connectivity index (χ3n) is 7.21. The number of aromatic amines is 2. The van der Waals surface area contributed by atoms with Crippen molar-refractivity contribution in [3.8, 4) is 17.3 Å². The largest absolute Gasteiger partial charge is 0.382 e. The van der Waals surface area contributed by atoms with Gasteiger partial charge in [-0.15, -0.1) is 0 Å². The number of nitrogens with zero attached hydrogens (tertiary/aromatic N) is 5. The van der Waals surface area contributed by atoms with Gasteiger partial charge in [-0.2, -0.15) is 10.4 Å². The minimum atomic E-state index is -0.813. The Morgan fingerprint density at radius 1 is 1.24 bits per heavy atom. The topological polar surface area (TPSA) is 140 Å². The average molecular weight is 441 g/mol. The van der Waals surface area contributed by atoms with Gasteiger partial charge < -0.3 is 15.6 Å². The quantitative estimate of drug-likeness (QED) is 0.445. The summed E-state index contributed by atoms with van der Waals surface area (Å²) in [5.74, 6) is 1.28. The molecule has 2 aliphatic rings. The van der Waals surface area contributed by atoms with Crippen LogP contribution < -0.4 is 5.73 Å². The Hall–Kier alpha value is -3.93. The molecule has 4 heterocycles. The summed E-state index contributed by atoms with van der Waals surface area (Å²) in [6, 6.07) is 10.2. The molecule has 1 atom stereocenters. The molecule has 6 rings (SSSR count). The van der Waals surface area contributed by atoms with Crippen LogP contribution in [0.1, 0.15) is 43.8 Å². The van der Waals surface area contributed by atoms with Crippen LogP contribution >= 0.6 is 0 Å². The molecule has 0 unspecified atom stereocenters. The van der Waals surface area contributed by atoms with Crippen LogP contribution in [-0.2, 0) is 4.79 Å².